The summed E-state index contributed by atoms with van der Waals surface area (Å²) in [6, 6.07) is 16.1. The highest BCUT2D eigenvalue weighted by Crippen LogP contribution is 2.44. The predicted molar refractivity (Wildman–Crippen MR) is 133 cm³/mol. The molecule has 0 saturated heterocycles. The van der Waals surface area contributed by atoms with E-state index >= 15 is 0 Å². The second-order valence-corrected chi connectivity index (χ2v) is 9.64. The second kappa shape index (κ2) is 11.4. The first-order valence-electron chi connectivity index (χ1n) is 12.6. The van der Waals surface area contributed by atoms with E-state index < -0.39 is 18.0 Å². The van der Waals surface area contributed by atoms with E-state index in [0.29, 0.717) is 25.8 Å². The number of nitrogens with one attached hydrogen (secondary N) is 2. The van der Waals surface area contributed by atoms with Crippen LogP contribution in [0.25, 0.3) is 11.1 Å². The van der Waals surface area contributed by atoms with Crippen LogP contribution in [0.3, 0.4) is 0 Å². The van der Waals surface area contributed by atoms with E-state index in [2.05, 4.69) is 34.9 Å². The summed E-state index contributed by atoms with van der Waals surface area (Å²) in [6.07, 6.45) is 4.15. The van der Waals surface area contributed by atoms with Crippen LogP contribution in [-0.4, -0.2) is 42.3 Å². The average molecular weight is 479 g/mol. The van der Waals surface area contributed by atoms with Gasteiger partial charge >= 0.3 is 12.1 Å². The monoisotopic (exact) mass is 478 g/mol. The number of ether oxygens (including phenoxy) is 1. The Labute approximate surface area is 206 Å². The first-order valence-corrected chi connectivity index (χ1v) is 12.6. The Balaban J connectivity index is 1.35. The van der Waals surface area contributed by atoms with Gasteiger partial charge in [-0.25, -0.2) is 4.79 Å². The number of amides is 2. The molecule has 7 nitrogen and oxygen atoms in total. The Kier molecular flexibility index (Phi) is 8.06. The van der Waals surface area contributed by atoms with Gasteiger partial charge in [0.2, 0.25) is 5.91 Å². The van der Waals surface area contributed by atoms with Crippen LogP contribution in [0.4, 0.5) is 4.79 Å². The molecule has 0 heterocycles. The molecule has 4 rings (SSSR count). The third kappa shape index (κ3) is 5.84. The van der Waals surface area contributed by atoms with Gasteiger partial charge in [0, 0.05) is 18.5 Å². The molecule has 1 saturated carbocycles. The maximum Gasteiger partial charge on any atom is 0.407 e. The molecule has 1 fully saturated rings. The van der Waals surface area contributed by atoms with E-state index in [1.54, 1.807) is 6.92 Å². The standard InChI is InChI=1S/C28H34N2O5/c1-18(27(32)33)15-16-29-26(31)23-13-3-2-4-14-25(23)30-28(34)35-17-24-21-11-7-5-9-19(21)20-10-6-8-12-22(20)24/h5-12,18,23-25H,2-4,13-17H2,1H3,(H,29,31)(H,30,34)(H,32,33)/t18?,23-,25+/m1/s1. The van der Waals surface area contributed by atoms with E-state index in [9.17, 15) is 14.4 Å². The quantitative estimate of drug-likeness (QED) is 0.477. The fourth-order valence-corrected chi connectivity index (χ4v) is 5.25. The number of carboxylic acids is 1. The topological polar surface area (TPSA) is 105 Å². The maximum absolute atomic E-state index is 12.9. The number of benzene rings is 2. The van der Waals surface area contributed by atoms with Crippen LogP contribution in [0, 0.1) is 11.8 Å². The number of fused-ring (bicyclic) bond motifs is 3. The van der Waals surface area contributed by atoms with Gasteiger partial charge in [-0.15, -0.1) is 0 Å². The highest BCUT2D eigenvalue weighted by Gasteiger charge is 2.33. The first kappa shape index (κ1) is 24.8. The summed E-state index contributed by atoms with van der Waals surface area (Å²) in [6.45, 7) is 2.17. The third-order valence-electron chi connectivity index (χ3n) is 7.30. The summed E-state index contributed by atoms with van der Waals surface area (Å²) in [7, 11) is 0. The average Bonchev–Trinajstić information content (AvgIpc) is 2.99. The van der Waals surface area contributed by atoms with Crippen molar-refractivity contribution >= 4 is 18.0 Å². The lowest BCUT2D eigenvalue weighted by Gasteiger charge is -2.25. The van der Waals surface area contributed by atoms with Crippen molar-refractivity contribution in [1.82, 2.24) is 10.6 Å². The molecule has 1 unspecified atom stereocenters. The summed E-state index contributed by atoms with van der Waals surface area (Å²) < 4.78 is 5.70. The summed E-state index contributed by atoms with van der Waals surface area (Å²) in [5.41, 5.74) is 4.66. The molecule has 3 N–H and O–H groups in total. The Bertz CT molecular complexity index is 1020. The molecule has 2 aromatic rings. The molecule has 186 valence electrons. The molecule has 2 amide bonds. The lowest BCUT2D eigenvalue weighted by molar-refractivity contribution is -0.141. The SMILES string of the molecule is CC(CCNC(=O)[C@@H]1CCCCC[C@@H]1NC(=O)OCC1c2ccccc2-c2ccccc21)C(=O)O. The molecule has 0 spiro atoms. The van der Waals surface area contributed by atoms with Crippen LogP contribution in [0.5, 0.6) is 0 Å². The van der Waals surface area contributed by atoms with Crippen molar-refractivity contribution < 1.29 is 24.2 Å². The number of aliphatic carboxylic acids is 1. The van der Waals surface area contributed by atoms with Gasteiger partial charge in [-0.05, 0) is 41.5 Å². The van der Waals surface area contributed by atoms with Gasteiger partial charge in [0.1, 0.15) is 6.61 Å². The Hall–Kier alpha value is -3.35. The molecule has 2 aromatic carbocycles. The van der Waals surface area contributed by atoms with Gasteiger partial charge in [0.15, 0.2) is 0 Å². The lowest BCUT2D eigenvalue weighted by atomic mass is 9.93. The zero-order chi connectivity index (χ0) is 24.8. The van der Waals surface area contributed by atoms with Crippen molar-refractivity contribution in [2.45, 2.75) is 57.4 Å². The summed E-state index contributed by atoms with van der Waals surface area (Å²) in [5, 5.41) is 14.9. The van der Waals surface area contributed by atoms with Gasteiger partial charge in [-0.2, -0.15) is 0 Å². The molecule has 2 aliphatic rings. The lowest BCUT2D eigenvalue weighted by Crippen LogP contribution is -2.47. The summed E-state index contributed by atoms with van der Waals surface area (Å²) >= 11 is 0. The number of rotatable bonds is 8. The highest BCUT2D eigenvalue weighted by molar-refractivity contribution is 5.81. The van der Waals surface area contributed by atoms with Gasteiger partial charge < -0.3 is 20.5 Å². The first-order chi connectivity index (χ1) is 17.0. The number of alkyl carbamates (subject to hydrolysis) is 1. The van der Waals surface area contributed by atoms with E-state index in [4.69, 9.17) is 9.84 Å². The number of hydrogen-bond acceptors (Lipinski definition) is 4. The van der Waals surface area contributed by atoms with E-state index in [-0.39, 0.29) is 30.4 Å². The number of carbonyl (C=O) groups excluding carboxylic acids is 2. The molecular weight excluding hydrogens is 444 g/mol. The Morgan fingerprint density at radius 2 is 1.60 bits per heavy atom. The van der Waals surface area contributed by atoms with Crippen molar-refractivity contribution in [1.29, 1.82) is 0 Å². The molecule has 0 aliphatic heterocycles. The Morgan fingerprint density at radius 1 is 0.971 bits per heavy atom. The molecule has 0 bridgehead atoms. The molecule has 7 heteroatoms. The van der Waals surface area contributed by atoms with Crippen LogP contribution in [0.1, 0.15) is 62.5 Å². The van der Waals surface area contributed by atoms with Crippen molar-refractivity contribution in [3.05, 3.63) is 59.7 Å². The van der Waals surface area contributed by atoms with Gasteiger partial charge in [-0.3, -0.25) is 9.59 Å². The van der Waals surface area contributed by atoms with Crippen LogP contribution < -0.4 is 10.6 Å². The fourth-order valence-electron chi connectivity index (χ4n) is 5.25. The maximum atomic E-state index is 12.9. The minimum absolute atomic E-state index is 0.0161. The zero-order valence-electron chi connectivity index (χ0n) is 20.2. The molecular formula is C28H34N2O5. The van der Waals surface area contributed by atoms with Gasteiger partial charge in [0.05, 0.1) is 11.8 Å². The minimum atomic E-state index is -0.872. The third-order valence-corrected chi connectivity index (χ3v) is 7.30. The second-order valence-electron chi connectivity index (χ2n) is 9.64. The van der Waals surface area contributed by atoms with Crippen molar-refractivity contribution in [3.63, 3.8) is 0 Å². The van der Waals surface area contributed by atoms with Crippen molar-refractivity contribution in [2.75, 3.05) is 13.2 Å². The van der Waals surface area contributed by atoms with E-state index in [0.717, 1.165) is 30.4 Å². The van der Waals surface area contributed by atoms with Crippen LogP contribution in [0.2, 0.25) is 0 Å². The zero-order valence-corrected chi connectivity index (χ0v) is 20.2. The van der Waals surface area contributed by atoms with Crippen molar-refractivity contribution in [3.8, 4) is 11.1 Å². The normalized spacial score (nSPS) is 20.1. The smallest absolute Gasteiger partial charge is 0.407 e. The summed E-state index contributed by atoms with van der Waals surface area (Å²) in [5.74, 6) is -1.88. The summed E-state index contributed by atoms with van der Waals surface area (Å²) in [4.78, 5) is 36.7. The van der Waals surface area contributed by atoms with Crippen molar-refractivity contribution in [2.24, 2.45) is 11.8 Å². The minimum Gasteiger partial charge on any atom is -0.481 e. The molecule has 2 aliphatic carbocycles. The molecule has 3 atom stereocenters. The van der Waals surface area contributed by atoms with E-state index in [1.165, 1.54) is 11.1 Å². The largest absolute Gasteiger partial charge is 0.481 e. The van der Waals surface area contributed by atoms with Crippen LogP contribution in [-0.2, 0) is 14.3 Å². The molecule has 0 radical (unpaired) electrons. The molecule has 0 aromatic heterocycles. The van der Waals surface area contributed by atoms with Crippen LogP contribution in [0.15, 0.2) is 48.5 Å². The van der Waals surface area contributed by atoms with Gasteiger partial charge in [-0.1, -0.05) is 74.7 Å². The Morgan fingerprint density at radius 3 is 2.26 bits per heavy atom. The number of hydrogen-bond donors (Lipinski definition) is 3. The molecule has 35 heavy (non-hydrogen) atoms. The van der Waals surface area contributed by atoms with Crippen LogP contribution >= 0.6 is 0 Å². The van der Waals surface area contributed by atoms with E-state index in [1.807, 2.05) is 24.3 Å². The van der Waals surface area contributed by atoms with Gasteiger partial charge in [0.25, 0.3) is 0 Å². The predicted octanol–water partition coefficient (Wildman–Crippen LogP) is 4.70. The highest BCUT2D eigenvalue weighted by atomic mass is 16.5. The fraction of sp³-hybridized carbons (Fsp3) is 0.464. The number of carbonyl (C=O) groups is 3. The number of carboxylic acid groups (broad SMARTS) is 1.